The van der Waals surface area contributed by atoms with Gasteiger partial charge in [0.25, 0.3) is 5.69 Å². The average Bonchev–Trinajstić information content (AvgIpc) is 2.43. The Bertz CT molecular complexity index is 619. The summed E-state index contributed by atoms with van der Waals surface area (Å²) >= 11 is 0. The van der Waals surface area contributed by atoms with Crippen molar-refractivity contribution < 1.29 is 19.2 Å². The number of ether oxygens (including phenoxy) is 1. The van der Waals surface area contributed by atoms with Crippen LogP contribution in [-0.2, 0) is 14.3 Å². The Hall–Kier alpha value is -2.28. The molecule has 0 saturated carbocycles. The smallest absolute Gasteiger partial charge is 0.313 e. The summed E-state index contributed by atoms with van der Waals surface area (Å²) < 4.78 is 5.04. The molecule has 124 valence electrons. The third kappa shape index (κ3) is 7.50. The second-order valence-electron chi connectivity index (χ2n) is 6.32. The van der Waals surface area contributed by atoms with Gasteiger partial charge in [0.1, 0.15) is 6.42 Å². The van der Waals surface area contributed by atoms with Crippen LogP contribution in [0.2, 0.25) is 25.7 Å². The van der Waals surface area contributed by atoms with Crippen molar-refractivity contribution in [2.24, 2.45) is 0 Å². The fourth-order valence-corrected chi connectivity index (χ4v) is 2.42. The van der Waals surface area contributed by atoms with Crippen LogP contribution in [0.1, 0.15) is 12.0 Å². The van der Waals surface area contributed by atoms with E-state index < -0.39 is 24.7 Å². The zero-order valence-electron chi connectivity index (χ0n) is 13.6. The highest BCUT2D eigenvalue weighted by molar-refractivity contribution is 6.76. The van der Waals surface area contributed by atoms with Gasteiger partial charge in [0.2, 0.25) is 0 Å². The highest BCUT2D eigenvalue weighted by Crippen LogP contribution is 2.19. The van der Waals surface area contributed by atoms with Crippen LogP contribution in [-0.4, -0.2) is 31.4 Å². The summed E-state index contributed by atoms with van der Waals surface area (Å²) in [6, 6.07) is 6.93. The second kappa shape index (κ2) is 8.38. The number of benzene rings is 1. The molecule has 0 aliphatic rings. The van der Waals surface area contributed by atoms with E-state index in [-0.39, 0.29) is 12.1 Å². The minimum atomic E-state index is -1.28. The van der Waals surface area contributed by atoms with E-state index in [4.69, 9.17) is 4.74 Å². The number of nitrogens with zero attached hydrogens (tertiary/aromatic N) is 1. The molecule has 0 aliphatic heterocycles. The number of esters is 1. The van der Waals surface area contributed by atoms with E-state index >= 15 is 0 Å². The van der Waals surface area contributed by atoms with Crippen LogP contribution in [0.5, 0.6) is 0 Å². The molecule has 0 unspecified atom stereocenters. The maximum absolute atomic E-state index is 11.7. The lowest BCUT2D eigenvalue weighted by molar-refractivity contribution is -0.385. The lowest BCUT2D eigenvalue weighted by Gasteiger charge is -2.14. The molecule has 1 rings (SSSR count). The summed E-state index contributed by atoms with van der Waals surface area (Å²) in [5.74, 6) is -1.01. The lowest BCUT2D eigenvalue weighted by Crippen LogP contribution is -2.23. The number of carbonyl (C=O) groups excluding carboxylic acids is 2. The first-order valence-electron chi connectivity index (χ1n) is 7.29. The Morgan fingerprint density at radius 2 is 1.91 bits per heavy atom. The summed E-state index contributed by atoms with van der Waals surface area (Å²) in [5, 5.41) is 10.9. The predicted octanol–water partition coefficient (Wildman–Crippen LogP) is 3.45. The Balaban J connectivity index is 2.54. The number of hydrogen-bond donors (Lipinski definition) is 0. The molecule has 0 spiro atoms. The third-order valence-electron chi connectivity index (χ3n) is 3.02. The van der Waals surface area contributed by atoms with Crippen LogP contribution in [0.4, 0.5) is 5.69 Å². The molecule has 23 heavy (non-hydrogen) atoms. The number of nitro benzene ring substituents is 1. The van der Waals surface area contributed by atoms with E-state index in [1.165, 1.54) is 24.3 Å². The highest BCUT2D eigenvalue weighted by Gasteiger charge is 2.15. The lowest BCUT2D eigenvalue weighted by atomic mass is 10.1. The summed E-state index contributed by atoms with van der Waals surface area (Å²) in [6.45, 7) is 6.83. The minimum Gasteiger partial charge on any atom is -0.466 e. The normalized spacial score (nSPS) is 11.4. The van der Waals surface area contributed by atoms with Crippen LogP contribution in [0.25, 0.3) is 6.08 Å². The summed E-state index contributed by atoms with van der Waals surface area (Å²) in [4.78, 5) is 33.6. The van der Waals surface area contributed by atoms with Gasteiger partial charge in [-0.3, -0.25) is 19.7 Å². The van der Waals surface area contributed by atoms with Gasteiger partial charge in [0.15, 0.2) is 5.78 Å². The molecule has 0 fully saturated rings. The molecule has 0 aromatic heterocycles. The fraction of sp³-hybridized carbons (Fsp3) is 0.375. The van der Waals surface area contributed by atoms with E-state index in [9.17, 15) is 19.7 Å². The molecule has 0 bridgehead atoms. The van der Waals surface area contributed by atoms with Crippen LogP contribution in [0, 0.1) is 10.1 Å². The van der Waals surface area contributed by atoms with Gasteiger partial charge in [-0.2, -0.15) is 0 Å². The first-order valence-corrected chi connectivity index (χ1v) is 11.0. The largest absolute Gasteiger partial charge is 0.466 e. The van der Waals surface area contributed by atoms with Crippen molar-refractivity contribution in [2.75, 3.05) is 6.61 Å². The van der Waals surface area contributed by atoms with Gasteiger partial charge in [0.05, 0.1) is 17.1 Å². The molecule has 0 aliphatic carbocycles. The molecule has 1 aromatic rings. The average molecular weight is 335 g/mol. The first-order chi connectivity index (χ1) is 10.7. The van der Waals surface area contributed by atoms with Gasteiger partial charge >= 0.3 is 5.97 Å². The number of ketones is 1. The molecule has 0 amide bonds. The van der Waals surface area contributed by atoms with Crippen molar-refractivity contribution >= 4 is 31.6 Å². The highest BCUT2D eigenvalue weighted by atomic mass is 28.3. The number of para-hydroxylation sites is 1. The van der Waals surface area contributed by atoms with Crippen molar-refractivity contribution in [1.29, 1.82) is 0 Å². The van der Waals surface area contributed by atoms with Crippen LogP contribution in [0.3, 0.4) is 0 Å². The Labute approximate surface area is 136 Å². The number of carbonyl (C=O) groups is 2. The first kappa shape index (κ1) is 18.8. The van der Waals surface area contributed by atoms with E-state index in [0.29, 0.717) is 12.2 Å². The fourth-order valence-electron chi connectivity index (χ4n) is 1.70. The monoisotopic (exact) mass is 335 g/mol. The maximum Gasteiger partial charge on any atom is 0.313 e. The number of rotatable bonds is 8. The van der Waals surface area contributed by atoms with Crippen molar-refractivity contribution in [2.45, 2.75) is 32.1 Å². The van der Waals surface area contributed by atoms with E-state index in [1.807, 2.05) is 0 Å². The minimum absolute atomic E-state index is 0.0886. The van der Waals surface area contributed by atoms with Crippen molar-refractivity contribution in [3.05, 3.63) is 46.0 Å². The van der Waals surface area contributed by atoms with E-state index in [2.05, 4.69) is 19.6 Å². The maximum atomic E-state index is 11.7. The number of allylic oxidation sites excluding steroid dienone is 1. The van der Waals surface area contributed by atoms with Gasteiger partial charge < -0.3 is 4.74 Å². The van der Waals surface area contributed by atoms with Crippen molar-refractivity contribution in [1.82, 2.24) is 0 Å². The summed E-state index contributed by atoms with van der Waals surface area (Å²) in [5.41, 5.74) is 0.229. The predicted molar refractivity (Wildman–Crippen MR) is 90.9 cm³/mol. The zero-order valence-corrected chi connectivity index (χ0v) is 14.6. The topological polar surface area (TPSA) is 86.5 Å². The molecule has 1 aromatic carbocycles. The molecular formula is C16H21NO5Si. The Morgan fingerprint density at radius 1 is 1.26 bits per heavy atom. The van der Waals surface area contributed by atoms with Gasteiger partial charge in [0, 0.05) is 14.1 Å². The zero-order chi connectivity index (χ0) is 17.5. The number of nitro groups is 1. The molecule has 0 radical (unpaired) electrons. The van der Waals surface area contributed by atoms with Crippen LogP contribution >= 0.6 is 0 Å². The van der Waals surface area contributed by atoms with Crippen molar-refractivity contribution in [3.8, 4) is 0 Å². The molecule has 6 nitrogen and oxygen atoms in total. The van der Waals surface area contributed by atoms with Crippen LogP contribution in [0.15, 0.2) is 30.3 Å². The van der Waals surface area contributed by atoms with Gasteiger partial charge in [-0.15, -0.1) is 0 Å². The number of hydrogen-bond acceptors (Lipinski definition) is 5. The second-order valence-corrected chi connectivity index (χ2v) is 11.9. The van der Waals surface area contributed by atoms with Gasteiger partial charge in [-0.25, -0.2) is 0 Å². The quantitative estimate of drug-likeness (QED) is 0.181. The van der Waals surface area contributed by atoms with E-state index in [0.717, 1.165) is 6.04 Å². The van der Waals surface area contributed by atoms with E-state index in [1.54, 1.807) is 12.1 Å². The SMILES string of the molecule is C[Si](C)(C)CCOC(=O)CC(=O)C=Cc1ccccc1[N+](=O)[O-]. The Kier molecular flexibility index (Phi) is 6.83. The van der Waals surface area contributed by atoms with Gasteiger partial charge in [-0.1, -0.05) is 31.8 Å². The standard InChI is InChI=1S/C16H21NO5Si/c1-23(2,3)11-10-22-16(19)12-14(18)9-8-13-6-4-5-7-15(13)17(20)21/h4-9H,10-12H2,1-3H3. The molecule has 0 heterocycles. The summed E-state index contributed by atoms with van der Waals surface area (Å²) in [6.07, 6.45) is 2.15. The molecule has 0 atom stereocenters. The summed E-state index contributed by atoms with van der Waals surface area (Å²) in [7, 11) is -1.28. The molecule has 0 N–H and O–H groups in total. The Morgan fingerprint density at radius 3 is 2.52 bits per heavy atom. The van der Waals surface area contributed by atoms with Crippen molar-refractivity contribution in [3.63, 3.8) is 0 Å². The van der Waals surface area contributed by atoms with Gasteiger partial charge in [-0.05, 0) is 24.3 Å². The molecule has 0 saturated heterocycles. The third-order valence-corrected chi connectivity index (χ3v) is 4.72. The molecular weight excluding hydrogens is 314 g/mol. The van der Waals surface area contributed by atoms with Crippen LogP contribution < -0.4 is 0 Å². The molecule has 7 heteroatoms.